The third kappa shape index (κ3) is 3.41. The summed E-state index contributed by atoms with van der Waals surface area (Å²) >= 11 is 1.91. The average molecular weight is 240 g/mol. The average Bonchev–Trinajstić information content (AvgIpc) is 2.41. The Labute approximate surface area is 102 Å². The van der Waals surface area contributed by atoms with Gasteiger partial charge in [0.05, 0.1) is 6.07 Å². The molecule has 1 amide bonds. The fraction of sp³-hybridized carbons (Fsp3) is 0.833. The highest BCUT2D eigenvalue weighted by Crippen LogP contribution is 2.31. The van der Waals surface area contributed by atoms with Crippen LogP contribution >= 0.6 is 11.8 Å². The van der Waals surface area contributed by atoms with Crippen LogP contribution in [-0.4, -0.2) is 34.4 Å². The van der Waals surface area contributed by atoms with E-state index in [0.717, 1.165) is 25.3 Å². The summed E-state index contributed by atoms with van der Waals surface area (Å²) < 4.78 is 0.253. The van der Waals surface area contributed by atoms with Crippen LogP contribution in [0.5, 0.6) is 0 Å². The van der Waals surface area contributed by atoms with E-state index in [1.807, 2.05) is 23.6 Å². The molecule has 0 saturated carbocycles. The molecule has 0 spiro atoms. The lowest BCUT2D eigenvalue weighted by Gasteiger charge is -2.23. The third-order valence-corrected chi connectivity index (χ3v) is 4.38. The highest BCUT2D eigenvalue weighted by atomic mass is 32.2. The van der Waals surface area contributed by atoms with Crippen molar-refractivity contribution in [2.75, 3.05) is 18.8 Å². The molecule has 16 heavy (non-hydrogen) atoms. The first-order valence-electron chi connectivity index (χ1n) is 5.82. The van der Waals surface area contributed by atoms with Gasteiger partial charge in [-0.2, -0.15) is 17.0 Å². The van der Waals surface area contributed by atoms with Gasteiger partial charge in [0.15, 0.2) is 0 Å². The quantitative estimate of drug-likeness (QED) is 0.744. The molecular weight excluding hydrogens is 220 g/mol. The molecule has 1 aliphatic heterocycles. The Hall–Kier alpha value is -0.690. The van der Waals surface area contributed by atoms with Gasteiger partial charge in [0.1, 0.15) is 5.92 Å². The molecular formula is C12H20N2OS. The number of nitrogens with zero attached hydrogens (tertiary/aromatic N) is 2. The Balaban J connectivity index is 2.62. The molecule has 1 aliphatic rings. The minimum atomic E-state index is -0.453. The van der Waals surface area contributed by atoms with Gasteiger partial charge in [-0.25, -0.2) is 0 Å². The van der Waals surface area contributed by atoms with E-state index in [1.165, 1.54) is 0 Å². The lowest BCUT2D eigenvalue weighted by molar-refractivity contribution is -0.133. The Morgan fingerprint density at radius 2 is 2.25 bits per heavy atom. The largest absolute Gasteiger partial charge is 0.341 e. The smallest absolute Gasteiger partial charge is 0.239 e. The second kappa shape index (κ2) is 5.58. The molecule has 0 aromatic heterocycles. The molecule has 1 fully saturated rings. The summed E-state index contributed by atoms with van der Waals surface area (Å²) in [5, 5.41) is 8.90. The lowest BCUT2D eigenvalue weighted by Crippen LogP contribution is -2.37. The highest BCUT2D eigenvalue weighted by molar-refractivity contribution is 8.00. The molecule has 0 bridgehead atoms. The van der Waals surface area contributed by atoms with Crippen LogP contribution in [0.25, 0.3) is 0 Å². The lowest BCUT2D eigenvalue weighted by atomic mass is 10.1. The SMILES string of the molecule is CCC(C#N)C(=O)N1CCSC(C)(C)CC1. The number of amides is 1. The molecule has 1 heterocycles. The molecule has 0 radical (unpaired) electrons. The molecule has 0 N–H and O–H groups in total. The second-order valence-electron chi connectivity index (χ2n) is 4.77. The van der Waals surface area contributed by atoms with Gasteiger partial charge in [0.2, 0.25) is 5.91 Å². The van der Waals surface area contributed by atoms with Gasteiger partial charge < -0.3 is 4.90 Å². The predicted octanol–water partition coefficient (Wildman–Crippen LogP) is 2.28. The number of thioether (sulfide) groups is 1. The van der Waals surface area contributed by atoms with Crippen molar-refractivity contribution < 1.29 is 4.79 Å². The van der Waals surface area contributed by atoms with E-state index in [0.29, 0.717) is 6.42 Å². The van der Waals surface area contributed by atoms with Crippen LogP contribution in [0.1, 0.15) is 33.6 Å². The third-order valence-electron chi connectivity index (χ3n) is 3.01. The van der Waals surface area contributed by atoms with E-state index in [1.54, 1.807) is 0 Å². The zero-order valence-corrected chi connectivity index (χ0v) is 11.1. The van der Waals surface area contributed by atoms with Crippen LogP contribution < -0.4 is 0 Å². The van der Waals surface area contributed by atoms with E-state index < -0.39 is 5.92 Å². The number of carbonyl (C=O) groups is 1. The van der Waals surface area contributed by atoms with Gasteiger partial charge in [-0.15, -0.1) is 0 Å². The molecule has 1 saturated heterocycles. The van der Waals surface area contributed by atoms with Crippen LogP contribution in [0.4, 0.5) is 0 Å². The zero-order chi connectivity index (χ0) is 12.2. The van der Waals surface area contributed by atoms with Gasteiger partial charge in [-0.3, -0.25) is 4.79 Å². The highest BCUT2D eigenvalue weighted by Gasteiger charge is 2.28. The normalized spacial score (nSPS) is 22.0. The van der Waals surface area contributed by atoms with Crippen LogP contribution in [0, 0.1) is 17.2 Å². The first kappa shape index (κ1) is 13.4. The summed E-state index contributed by atoms with van der Waals surface area (Å²) in [4.78, 5) is 13.9. The number of nitriles is 1. The Morgan fingerprint density at radius 3 is 2.81 bits per heavy atom. The molecule has 1 atom stereocenters. The molecule has 1 unspecified atom stereocenters. The first-order valence-corrected chi connectivity index (χ1v) is 6.81. The van der Waals surface area contributed by atoms with Gasteiger partial charge in [-0.1, -0.05) is 20.8 Å². The Kier molecular flexibility index (Phi) is 4.67. The molecule has 0 aliphatic carbocycles. The molecule has 1 rings (SSSR count). The monoisotopic (exact) mass is 240 g/mol. The van der Waals surface area contributed by atoms with Crippen LogP contribution in [-0.2, 0) is 4.79 Å². The number of rotatable bonds is 2. The second-order valence-corrected chi connectivity index (χ2v) is 6.58. The standard InChI is InChI=1S/C12H20N2OS/c1-4-10(9-13)11(15)14-6-5-12(2,3)16-8-7-14/h10H,4-8H2,1-3H3. The van der Waals surface area contributed by atoms with Crippen molar-refractivity contribution in [1.82, 2.24) is 4.90 Å². The number of hydrogen-bond donors (Lipinski definition) is 0. The van der Waals surface area contributed by atoms with Crippen molar-refractivity contribution in [2.24, 2.45) is 5.92 Å². The number of hydrogen-bond acceptors (Lipinski definition) is 3. The van der Waals surface area contributed by atoms with Crippen molar-refractivity contribution in [3.05, 3.63) is 0 Å². The fourth-order valence-corrected chi connectivity index (χ4v) is 2.88. The Morgan fingerprint density at radius 1 is 1.56 bits per heavy atom. The zero-order valence-electron chi connectivity index (χ0n) is 10.3. The van der Waals surface area contributed by atoms with Gasteiger partial charge in [0.25, 0.3) is 0 Å². The summed E-state index contributed by atoms with van der Waals surface area (Å²) in [6, 6.07) is 2.09. The molecule has 90 valence electrons. The molecule has 0 aromatic carbocycles. The maximum Gasteiger partial charge on any atom is 0.239 e. The minimum Gasteiger partial charge on any atom is -0.341 e. The van der Waals surface area contributed by atoms with Gasteiger partial charge >= 0.3 is 0 Å². The summed E-state index contributed by atoms with van der Waals surface area (Å²) in [5.41, 5.74) is 0. The molecule has 3 nitrogen and oxygen atoms in total. The van der Waals surface area contributed by atoms with E-state index in [2.05, 4.69) is 19.9 Å². The van der Waals surface area contributed by atoms with Crippen molar-refractivity contribution >= 4 is 17.7 Å². The maximum atomic E-state index is 12.0. The van der Waals surface area contributed by atoms with Crippen molar-refractivity contribution in [2.45, 2.75) is 38.4 Å². The maximum absolute atomic E-state index is 12.0. The topological polar surface area (TPSA) is 44.1 Å². The van der Waals surface area contributed by atoms with Crippen LogP contribution in [0.3, 0.4) is 0 Å². The van der Waals surface area contributed by atoms with Crippen LogP contribution in [0.2, 0.25) is 0 Å². The van der Waals surface area contributed by atoms with E-state index in [9.17, 15) is 4.79 Å². The van der Waals surface area contributed by atoms with Gasteiger partial charge in [0, 0.05) is 23.6 Å². The number of carbonyl (C=O) groups excluding carboxylic acids is 1. The van der Waals surface area contributed by atoms with Crippen molar-refractivity contribution in [3.63, 3.8) is 0 Å². The Bertz CT molecular complexity index is 296. The molecule has 0 aromatic rings. The summed E-state index contributed by atoms with van der Waals surface area (Å²) in [6.07, 6.45) is 1.62. The van der Waals surface area contributed by atoms with E-state index in [4.69, 9.17) is 5.26 Å². The van der Waals surface area contributed by atoms with E-state index >= 15 is 0 Å². The van der Waals surface area contributed by atoms with Crippen molar-refractivity contribution in [1.29, 1.82) is 5.26 Å². The molecule has 4 heteroatoms. The summed E-state index contributed by atoms with van der Waals surface area (Å²) in [5.74, 6) is 0.537. The summed E-state index contributed by atoms with van der Waals surface area (Å²) in [7, 11) is 0. The fourth-order valence-electron chi connectivity index (χ4n) is 1.78. The predicted molar refractivity (Wildman–Crippen MR) is 67.1 cm³/mol. The summed E-state index contributed by atoms with van der Waals surface area (Å²) in [6.45, 7) is 7.89. The van der Waals surface area contributed by atoms with E-state index in [-0.39, 0.29) is 10.7 Å². The van der Waals surface area contributed by atoms with Crippen molar-refractivity contribution in [3.8, 4) is 6.07 Å². The first-order chi connectivity index (χ1) is 7.50. The minimum absolute atomic E-state index is 0.0169. The van der Waals surface area contributed by atoms with Crippen LogP contribution in [0.15, 0.2) is 0 Å². The van der Waals surface area contributed by atoms with Gasteiger partial charge in [-0.05, 0) is 12.8 Å².